The third-order valence-electron chi connectivity index (χ3n) is 2.12. The van der Waals surface area contributed by atoms with Crippen LogP contribution in [-0.4, -0.2) is 30.5 Å². The van der Waals surface area contributed by atoms with Crippen LogP contribution in [0.25, 0.3) is 0 Å². The van der Waals surface area contributed by atoms with E-state index in [2.05, 4.69) is 33.0 Å². The van der Waals surface area contributed by atoms with Crippen LogP contribution in [-0.2, 0) is 10.5 Å². The van der Waals surface area contributed by atoms with Gasteiger partial charge in [-0.3, -0.25) is 5.10 Å². The zero-order valence-corrected chi connectivity index (χ0v) is 11.2. The van der Waals surface area contributed by atoms with Gasteiger partial charge in [0, 0.05) is 30.4 Å². The van der Waals surface area contributed by atoms with Crippen molar-refractivity contribution >= 4 is 28.9 Å². The van der Waals surface area contributed by atoms with Crippen molar-refractivity contribution in [2.45, 2.75) is 10.8 Å². The van der Waals surface area contributed by atoms with Gasteiger partial charge in [0.05, 0.1) is 11.6 Å². The number of hydrogen-bond donors (Lipinski definition) is 2. The van der Waals surface area contributed by atoms with Gasteiger partial charge in [0.25, 0.3) is 0 Å². The molecule has 6 heteroatoms. The molecule has 2 rings (SSSR count). The molecule has 0 spiro atoms. The number of thiophene rings is 1. The van der Waals surface area contributed by atoms with Crippen LogP contribution in [0.1, 0.15) is 4.88 Å². The van der Waals surface area contributed by atoms with Crippen molar-refractivity contribution in [3.05, 3.63) is 28.5 Å². The largest absolute Gasteiger partial charge is 0.383 e. The lowest BCUT2D eigenvalue weighted by Crippen LogP contribution is -2.07. The zero-order chi connectivity index (χ0) is 11.9. The minimum Gasteiger partial charge on any atom is -0.383 e. The molecule has 17 heavy (non-hydrogen) atoms. The summed E-state index contributed by atoms with van der Waals surface area (Å²) in [6.07, 6.45) is 0. The summed E-state index contributed by atoms with van der Waals surface area (Å²) in [5.74, 6) is 1.85. The van der Waals surface area contributed by atoms with Crippen LogP contribution in [0, 0.1) is 0 Å². The molecular weight excluding hydrogens is 254 g/mol. The zero-order valence-electron chi connectivity index (χ0n) is 9.60. The molecule has 0 atom stereocenters. The predicted octanol–water partition coefficient (Wildman–Crippen LogP) is 2.82. The molecule has 0 radical (unpaired) electrons. The van der Waals surface area contributed by atoms with Crippen LogP contribution in [0.5, 0.6) is 0 Å². The van der Waals surface area contributed by atoms with Gasteiger partial charge < -0.3 is 10.1 Å². The number of anilines is 1. The number of nitrogens with one attached hydrogen (secondary N) is 2. The van der Waals surface area contributed by atoms with Crippen LogP contribution in [0.4, 0.5) is 5.82 Å². The Balaban J connectivity index is 1.77. The third kappa shape index (κ3) is 4.07. The first-order valence-electron chi connectivity index (χ1n) is 5.32. The first kappa shape index (κ1) is 12.5. The molecule has 92 valence electrons. The third-order valence-corrected chi connectivity index (χ3v) is 4.15. The molecule has 0 unspecified atom stereocenters. The van der Waals surface area contributed by atoms with Gasteiger partial charge in [-0.25, -0.2) is 0 Å². The summed E-state index contributed by atoms with van der Waals surface area (Å²) in [5, 5.41) is 13.5. The van der Waals surface area contributed by atoms with Gasteiger partial charge in [-0.15, -0.1) is 23.1 Å². The van der Waals surface area contributed by atoms with Gasteiger partial charge in [-0.2, -0.15) is 5.10 Å². The highest BCUT2D eigenvalue weighted by molar-refractivity contribution is 7.98. The number of thioether (sulfide) groups is 1. The average molecular weight is 269 g/mol. The van der Waals surface area contributed by atoms with Gasteiger partial charge in [-0.1, -0.05) is 6.07 Å². The number of hydrogen-bond acceptors (Lipinski definition) is 5. The van der Waals surface area contributed by atoms with E-state index in [9.17, 15) is 0 Å². The second kappa shape index (κ2) is 6.68. The minimum absolute atomic E-state index is 0.685. The molecular formula is C11H15N3OS2. The minimum atomic E-state index is 0.685. The molecule has 0 aliphatic carbocycles. The summed E-state index contributed by atoms with van der Waals surface area (Å²) in [6.45, 7) is 1.46. The summed E-state index contributed by atoms with van der Waals surface area (Å²) in [7, 11) is 1.69. The lowest BCUT2D eigenvalue weighted by atomic mass is 10.5. The highest BCUT2D eigenvalue weighted by atomic mass is 32.2. The number of H-pyrrole nitrogens is 1. The molecule has 0 aliphatic heterocycles. The van der Waals surface area contributed by atoms with E-state index >= 15 is 0 Å². The molecule has 2 aromatic rings. The van der Waals surface area contributed by atoms with Gasteiger partial charge in [0.1, 0.15) is 5.82 Å². The lowest BCUT2D eigenvalue weighted by Gasteiger charge is -1.99. The van der Waals surface area contributed by atoms with Crippen molar-refractivity contribution in [1.82, 2.24) is 10.2 Å². The quantitative estimate of drug-likeness (QED) is 0.599. The first-order chi connectivity index (χ1) is 8.38. The van der Waals surface area contributed by atoms with Crippen LogP contribution < -0.4 is 5.32 Å². The monoisotopic (exact) mass is 269 g/mol. The van der Waals surface area contributed by atoms with E-state index in [1.165, 1.54) is 4.88 Å². The van der Waals surface area contributed by atoms with E-state index in [1.807, 2.05) is 6.07 Å². The van der Waals surface area contributed by atoms with Crippen LogP contribution in [0.2, 0.25) is 0 Å². The second-order valence-electron chi connectivity index (χ2n) is 3.41. The van der Waals surface area contributed by atoms with E-state index in [-0.39, 0.29) is 0 Å². The number of nitrogens with zero attached hydrogens (tertiary/aromatic N) is 1. The van der Waals surface area contributed by atoms with Gasteiger partial charge >= 0.3 is 0 Å². The number of aromatic nitrogens is 2. The molecule has 0 aromatic carbocycles. The molecule has 0 saturated heterocycles. The number of methoxy groups -OCH3 is 1. The number of aromatic amines is 1. The first-order valence-corrected chi connectivity index (χ1v) is 7.18. The summed E-state index contributed by atoms with van der Waals surface area (Å²) in [4.78, 5) is 1.37. The fourth-order valence-electron chi connectivity index (χ4n) is 1.29. The van der Waals surface area contributed by atoms with E-state index in [0.717, 1.165) is 23.1 Å². The van der Waals surface area contributed by atoms with Crippen molar-refractivity contribution in [1.29, 1.82) is 0 Å². The van der Waals surface area contributed by atoms with Gasteiger partial charge in [-0.05, 0) is 11.4 Å². The highest BCUT2D eigenvalue weighted by Gasteiger charge is 2.02. The fourth-order valence-corrected chi connectivity index (χ4v) is 2.93. The standard InChI is InChI=1S/C11H15N3OS2/c1-15-5-4-12-10-7-11(14-13-10)17-8-9-3-2-6-16-9/h2-3,6-7H,4-5,8H2,1H3,(H2,12,13,14). The maximum Gasteiger partial charge on any atom is 0.149 e. The molecule has 4 nitrogen and oxygen atoms in total. The fraction of sp³-hybridized carbons (Fsp3) is 0.364. The van der Waals surface area contributed by atoms with Crippen molar-refractivity contribution in [2.24, 2.45) is 0 Å². The topological polar surface area (TPSA) is 49.9 Å². The summed E-state index contributed by atoms with van der Waals surface area (Å²) in [5.41, 5.74) is 0. The van der Waals surface area contributed by atoms with E-state index in [0.29, 0.717) is 6.61 Å². The smallest absolute Gasteiger partial charge is 0.149 e. The maximum atomic E-state index is 4.96. The number of rotatable bonds is 7. The summed E-state index contributed by atoms with van der Waals surface area (Å²) < 4.78 is 4.96. The maximum absolute atomic E-state index is 4.96. The summed E-state index contributed by atoms with van der Waals surface area (Å²) in [6, 6.07) is 6.24. The van der Waals surface area contributed by atoms with Crippen LogP contribution in [0.15, 0.2) is 28.6 Å². The highest BCUT2D eigenvalue weighted by Crippen LogP contribution is 2.24. The Morgan fingerprint density at radius 2 is 2.53 bits per heavy atom. The van der Waals surface area contributed by atoms with Crippen molar-refractivity contribution < 1.29 is 4.74 Å². The van der Waals surface area contributed by atoms with Gasteiger partial charge in [0.2, 0.25) is 0 Å². The predicted molar refractivity (Wildman–Crippen MR) is 72.8 cm³/mol. The van der Waals surface area contributed by atoms with Gasteiger partial charge in [0.15, 0.2) is 0 Å². The molecule has 2 aromatic heterocycles. The van der Waals surface area contributed by atoms with E-state index < -0.39 is 0 Å². The van der Waals surface area contributed by atoms with Crippen molar-refractivity contribution in [3.63, 3.8) is 0 Å². The van der Waals surface area contributed by atoms with Crippen LogP contribution >= 0.6 is 23.1 Å². The van der Waals surface area contributed by atoms with Crippen LogP contribution in [0.3, 0.4) is 0 Å². The normalized spacial score (nSPS) is 10.6. The molecule has 0 aliphatic rings. The van der Waals surface area contributed by atoms with E-state index in [1.54, 1.807) is 30.2 Å². The molecule has 2 heterocycles. The Morgan fingerprint density at radius 3 is 3.29 bits per heavy atom. The lowest BCUT2D eigenvalue weighted by molar-refractivity contribution is 0.210. The molecule has 0 bridgehead atoms. The average Bonchev–Trinajstić information content (AvgIpc) is 2.98. The Kier molecular flexibility index (Phi) is 4.90. The molecule has 0 fully saturated rings. The second-order valence-corrected chi connectivity index (χ2v) is 5.45. The van der Waals surface area contributed by atoms with Crippen molar-refractivity contribution in [2.75, 3.05) is 25.6 Å². The Bertz CT molecular complexity index is 428. The number of ether oxygens (including phenoxy) is 1. The van der Waals surface area contributed by atoms with Crippen molar-refractivity contribution in [3.8, 4) is 0 Å². The Morgan fingerprint density at radius 1 is 1.59 bits per heavy atom. The molecule has 0 amide bonds. The Hall–Kier alpha value is -0.980. The Labute approximate surface area is 109 Å². The summed E-state index contributed by atoms with van der Waals surface area (Å²) >= 11 is 3.54. The van der Waals surface area contributed by atoms with E-state index in [4.69, 9.17) is 4.74 Å². The molecule has 0 saturated carbocycles. The molecule has 2 N–H and O–H groups in total. The SMILES string of the molecule is COCCNc1cc(SCc2cccs2)[nH]n1.